The number of halogens is 6. The normalized spacial score (nSPS) is 17.0. The summed E-state index contributed by atoms with van der Waals surface area (Å²) in [6.07, 6.45) is -0.124. The minimum atomic E-state index is -5.21. The van der Waals surface area contributed by atoms with Gasteiger partial charge in [0.2, 0.25) is 0 Å². The van der Waals surface area contributed by atoms with E-state index in [2.05, 4.69) is 19.9 Å². The zero-order chi connectivity index (χ0) is 37.9. The molecule has 5 heterocycles. The predicted molar refractivity (Wildman–Crippen MR) is 192 cm³/mol. The fraction of sp³-hybridized carbons (Fsp3) is 0.351. The lowest BCUT2D eigenvalue weighted by Crippen LogP contribution is -2.37. The van der Waals surface area contributed by atoms with Crippen LogP contribution in [0.25, 0.3) is 32.1 Å². The van der Waals surface area contributed by atoms with Crippen LogP contribution in [-0.4, -0.2) is 59.2 Å². The van der Waals surface area contributed by atoms with Crippen LogP contribution in [0.3, 0.4) is 0 Å². The number of fused-ring (bicyclic) bond motifs is 1. The lowest BCUT2D eigenvalue weighted by molar-refractivity contribution is -0.138. The molecule has 5 aromatic rings. The molecular weight excluding hydrogens is 735 g/mol. The van der Waals surface area contributed by atoms with Gasteiger partial charge < -0.3 is 30.7 Å². The number of thiophene rings is 1. The highest BCUT2D eigenvalue weighted by Crippen LogP contribution is 2.54. The SMILES string of the molecule is N#Cc1c(N)sc2c(F)ccc(-c3c(C(F)(F)F)c4c5c(nc(OCC6(CN7CCC(=CF)CC7)CC6)nc5c3F)N(Cc3cccnc3N)CCO4)c12. The van der Waals surface area contributed by atoms with Gasteiger partial charge in [-0.25, -0.2) is 18.2 Å². The van der Waals surface area contributed by atoms with Gasteiger partial charge in [-0.15, -0.1) is 11.3 Å². The Hall–Kier alpha value is -5.34. The Labute approximate surface area is 308 Å². The standard InChI is InChI=1S/C37H32F6N8O2S/c38-14-19-5-10-50(11-6-19)17-36(7-8-36)18-53-35-48-29-26-30(52-13-12-51(34(26)49-35)16-20-2-1-9-47-32(20)45)27(37(41,42)43)25(28(29)40)21-3-4-23(39)31-24(21)22(15-44)33(46)54-31/h1-4,9,14H,5-8,10-13,16-18,46H2,(H2,45,47). The van der Waals surface area contributed by atoms with Gasteiger partial charge in [-0.1, -0.05) is 12.1 Å². The Bertz CT molecular complexity index is 2380. The summed E-state index contributed by atoms with van der Waals surface area (Å²) in [6.45, 7) is 1.98. The van der Waals surface area contributed by atoms with Gasteiger partial charge in [0.1, 0.15) is 52.0 Å². The predicted octanol–water partition coefficient (Wildman–Crippen LogP) is 7.75. The van der Waals surface area contributed by atoms with Crippen LogP contribution in [0.5, 0.6) is 11.8 Å². The number of ether oxygens (including phenoxy) is 2. The fourth-order valence-corrected chi connectivity index (χ4v) is 8.31. The van der Waals surface area contributed by atoms with Crippen LogP contribution in [0, 0.1) is 28.4 Å². The average molecular weight is 767 g/mol. The topological polar surface area (TPSA) is 139 Å². The summed E-state index contributed by atoms with van der Waals surface area (Å²) in [4.78, 5) is 17.0. The van der Waals surface area contributed by atoms with Gasteiger partial charge in [0.25, 0.3) is 0 Å². The van der Waals surface area contributed by atoms with Crippen molar-refractivity contribution in [3.8, 4) is 29.0 Å². The van der Waals surface area contributed by atoms with Crippen molar-refractivity contribution in [1.29, 1.82) is 5.26 Å². The minimum absolute atomic E-state index is 0.0114. The van der Waals surface area contributed by atoms with Crippen LogP contribution in [0.1, 0.15) is 42.4 Å². The number of pyridine rings is 1. The molecule has 0 unspecified atom stereocenters. The second-order valence-electron chi connectivity index (χ2n) is 13.8. The summed E-state index contributed by atoms with van der Waals surface area (Å²) in [7, 11) is 0. The lowest BCUT2D eigenvalue weighted by atomic mass is 9.91. The molecule has 0 bridgehead atoms. The number of hydrogen-bond acceptors (Lipinski definition) is 11. The number of alkyl halides is 3. The molecule has 3 aliphatic rings. The van der Waals surface area contributed by atoms with Gasteiger partial charge >= 0.3 is 12.2 Å². The van der Waals surface area contributed by atoms with Crippen LogP contribution in [-0.2, 0) is 12.7 Å². The van der Waals surface area contributed by atoms with Crippen molar-refractivity contribution in [2.45, 2.75) is 38.4 Å². The van der Waals surface area contributed by atoms with Gasteiger partial charge in [0.05, 0.1) is 35.1 Å². The van der Waals surface area contributed by atoms with Crippen molar-refractivity contribution in [3.05, 3.63) is 70.7 Å². The maximum Gasteiger partial charge on any atom is 0.420 e. The molecule has 2 fully saturated rings. The summed E-state index contributed by atoms with van der Waals surface area (Å²) >= 11 is 0.676. The molecule has 1 aliphatic carbocycles. The molecule has 280 valence electrons. The third-order valence-corrected chi connectivity index (χ3v) is 11.4. The number of benzene rings is 2. The molecule has 0 atom stereocenters. The van der Waals surface area contributed by atoms with Gasteiger partial charge in [0, 0.05) is 54.3 Å². The molecule has 3 aromatic heterocycles. The van der Waals surface area contributed by atoms with E-state index in [9.17, 15) is 9.65 Å². The number of likely N-dealkylation sites (tertiary alicyclic amines) is 1. The van der Waals surface area contributed by atoms with Crippen LogP contribution in [0.2, 0.25) is 0 Å². The van der Waals surface area contributed by atoms with E-state index in [1.54, 1.807) is 17.0 Å². The van der Waals surface area contributed by atoms with Crippen LogP contribution >= 0.6 is 11.3 Å². The number of aromatic nitrogens is 3. The Morgan fingerprint density at radius 3 is 2.54 bits per heavy atom. The first kappa shape index (κ1) is 35.7. The van der Waals surface area contributed by atoms with E-state index in [-0.39, 0.29) is 75.4 Å². The van der Waals surface area contributed by atoms with Gasteiger partial charge in [-0.3, -0.25) is 0 Å². The van der Waals surface area contributed by atoms with Crippen molar-refractivity contribution in [2.75, 3.05) is 55.8 Å². The first-order valence-electron chi connectivity index (χ1n) is 17.2. The van der Waals surface area contributed by atoms with E-state index in [1.807, 2.05) is 6.07 Å². The summed E-state index contributed by atoms with van der Waals surface area (Å²) < 4.78 is 103. The largest absolute Gasteiger partial charge is 0.490 e. The molecule has 10 nitrogen and oxygen atoms in total. The number of piperidine rings is 1. The molecule has 0 amide bonds. The zero-order valence-electron chi connectivity index (χ0n) is 28.6. The number of nitrogens with zero attached hydrogens (tertiary/aromatic N) is 6. The van der Waals surface area contributed by atoms with E-state index < -0.39 is 45.8 Å². The lowest BCUT2D eigenvalue weighted by Gasteiger charge is -2.31. The van der Waals surface area contributed by atoms with E-state index in [0.29, 0.717) is 55.7 Å². The third-order valence-electron chi connectivity index (χ3n) is 10.4. The highest BCUT2D eigenvalue weighted by molar-refractivity contribution is 7.23. The van der Waals surface area contributed by atoms with Crippen molar-refractivity contribution in [1.82, 2.24) is 19.9 Å². The van der Waals surface area contributed by atoms with E-state index in [0.717, 1.165) is 30.5 Å². The molecule has 54 heavy (non-hydrogen) atoms. The molecule has 4 N–H and O–H groups in total. The van der Waals surface area contributed by atoms with Gasteiger partial charge in [0.15, 0.2) is 5.82 Å². The molecule has 2 aromatic carbocycles. The molecule has 0 radical (unpaired) electrons. The number of hydrogen-bond donors (Lipinski definition) is 2. The minimum Gasteiger partial charge on any atom is -0.490 e. The second-order valence-corrected chi connectivity index (χ2v) is 14.9. The Kier molecular flexibility index (Phi) is 8.92. The molecular formula is C37H32F6N8O2S. The maximum absolute atomic E-state index is 17.3. The molecule has 17 heteroatoms. The Morgan fingerprint density at radius 1 is 1.07 bits per heavy atom. The van der Waals surface area contributed by atoms with E-state index in [4.69, 9.17) is 20.9 Å². The van der Waals surface area contributed by atoms with Crippen LogP contribution in [0.15, 0.2) is 42.4 Å². The number of nitrogen functional groups attached to an aromatic ring is 2. The summed E-state index contributed by atoms with van der Waals surface area (Å²) in [5.74, 6) is -2.83. The van der Waals surface area contributed by atoms with Crippen molar-refractivity contribution < 1.29 is 35.8 Å². The quantitative estimate of drug-likeness (QED) is 0.151. The Balaban J connectivity index is 1.31. The number of nitriles is 1. The van der Waals surface area contributed by atoms with E-state index >= 15 is 22.0 Å². The maximum atomic E-state index is 17.3. The first-order chi connectivity index (χ1) is 25.9. The van der Waals surface area contributed by atoms with Gasteiger partial charge in [-0.2, -0.15) is 28.4 Å². The average Bonchev–Trinajstić information content (AvgIpc) is 3.86. The molecule has 1 saturated heterocycles. The first-order valence-corrected chi connectivity index (χ1v) is 18.0. The van der Waals surface area contributed by atoms with Gasteiger partial charge in [-0.05, 0) is 49.0 Å². The smallest absolute Gasteiger partial charge is 0.420 e. The molecule has 2 aliphatic heterocycles. The fourth-order valence-electron chi connectivity index (χ4n) is 7.37. The van der Waals surface area contributed by atoms with Crippen LogP contribution in [0.4, 0.5) is 43.0 Å². The second kappa shape index (κ2) is 13.5. The van der Waals surface area contributed by atoms with Crippen LogP contribution < -0.4 is 25.8 Å². The number of rotatable bonds is 8. The monoisotopic (exact) mass is 766 g/mol. The van der Waals surface area contributed by atoms with Crippen molar-refractivity contribution >= 4 is 49.0 Å². The molecule has 0 spiro atoms. The highest BCUT2D eigenvalue weighted by Gasteiger charge is 2.46. The summed E-state index contributed by atoms with van der Waals surface area (Å²) in [6, 6.07) is 6.83. The van der Waals surface area contributed by atoms with Crippen molar-refractivity contribution in [2.24, 2.45) is 5.41 Å². The molecule has 1 saturated carbocycles. The number of anilines is 3. The summed E-state index contributed by atoms with van der Waals surface area (Å²) in [5.41, 5.74) is 9.54. The Morgan fingerprint density at radius 2 is 1.85 bits per heavy atom. The third kappa shape index (κ3) is 6.26. The zero-order valence-corrected chi connectivity index (χ0v) is 29.4. The highest BCUT2D eigenvalue weighted by atomic mass is 32.1. The number of nitrogens with two attached hydrogens (primary N) is 2. The van der Waals surface area contributed by atoms with Crippen molar-refractivity contribution in [3.63, 3.8) is 0 Å². The molecule has 8 rings (SSSR count). The van der Waals surface area contributed by atoms with E-state index in [1.165, 1.54) is 6.20 Å². The summed E-state index contributed by atoms with van der Waals surface area (Å²) in [5, 5.41) is 9.19.